The number of nitrogens with zero attached hydrogens (tertiary/aromatic N) is 2. The van der Waals surface area contributed by atoms with Gasteiger partial charge in [-0.15, -0.1) is 0 Å². The van der Waals surface area contributed by atoms with Gasteiger partial charge in [0.2, 0.25) is 0 Å². The summed E-state index contributed by atoms with van der Waals surface area (Å²) in [6.07, 6.45) is 0. The Morgan fingerprint density at radius 1 is 0.566 bits per heavy atom. The van der Waals surface area contributed by atoms with Crippen LogP contribution in [0.3, 0.4) is 0 Å². The Bertz CT molecular complexity index is 1380. The number of hydrogen-bond acceptors (Lipinski definition) is 13. The average Bonchev–Trinajstić information content (AvgIpc) is 3.10. The normalized spacial score (nSPS) is 9.11. The molecule has 0 heterocycles. The zero-order valence-corrected chi connectivity index (χ0v) is 40.6. The molecule has 23 heteroatoms. The van der Waals surface area contributed by atoms with Gasteiger partial charge in [-0.1, -0.05) is 24.3 Å². The van der Waals surface area contributed by atoms with Gasteiger partial charge in [0, 0.05) is 0 Å². The SMILES string of the molecule is CCOC(=O)COc1ccccc1N(CC(=O)OCC)CC(=O)OCC.O=C(O)COc1ccccc1N(CC(=O)O)CC(=O)O.[H-].[H-].[H-].[H-].[Mg+][Mg][Mg+].[Mg+][Mg][Mg][Mg+]. The molecular weight excluding hydrogens is 782 g/mol. The fraction of sp³-hybridized carbons (Fsp3) is 0.400. The third-order valence-corrected chi connectivity index (χ3v) is 25.6. The van der Waals surface area contributed by atoms with Crippen LogP contribution in [0.15, 0.2) is 48.5 Å². The molecule has 0 aliphatic heterocycles. The summed E-state index contributed by atoms with van der Waals surface area (Å²) < 4.78 is 25.3. The van der Waals surface area contributed by atoms with Gasteiger partial charge in [0.1, 0.15) is 37.7 Å². The second-order valence-electron chi connectivity index (χ2n) is 9.88. The Kier molecular flexibility index (Phi) is 37.5. The van der Waals surface area contributed by atoms with Crippen molar-refractivity contribution in [2.24, 2.45) is 0 Å². The van der Waals surface area contributed by atoms with E-state index in [1.165, 1.54) is 17.0 Å². The molecule has 0 bridgehead atoms. The summed E-state index contributed by atoms with van der Waals surface area (Å²) in [7, 11) is 0. The molecule has 0 unspecified atom stereocenters. The predicted molar refractivity (Wildman–Crippen MR) is 206 cm³/mol. The molecule has 3 N–H and O–H groups in total. The first-order chi connectivity index (χ1) is 25.2. The van der Waals surface area contributed by atoms with Crippen LogP contribution in [-0.2, 0) is 43.0 Å². The van der Waals surface area contributed by atoms with Crippen LogP contribution >= 0.6 is 0 Å². The topological polar surface area (TPSA) is 216 Å². The van der Waals surface area contributed by atoms with Crippen molar-refractivity contribution in [3.05, 3.63) is 48.5 Å². The minimum absolute atomic E-state index is 0. The first-order valence-corrected chi connectivity index (χ1v) is 36.5. The molecule has 0 aromatic heterocycles. The van der Waals surface area contributed by atoms with E-state index in [2.05, 4.69) is 72.2 Å². The van der Waals surface area contributed by atoms with Gasteiger partial charge in [-0.25, -0.2) is 9.59 Å². The van der Waals surface area contributed by atoms with Gasteiger partial charge in [0.15, 0.2) is 13.2 Å². The number of carboxylic acid groups (broad SMARTS) is 3. The van der Waals surface area contributed by atoms with Gasteiger partial charge in [0.05, 0.1) is 31.2 Å². The number of hydrogen-bond donors (Lipinski definition) is 3. The van der Waals surface area contributed by atoms with Crippen molar-refractivity contribution < 1.29 is 73.5 Å². The van der Waals surface area contributed by atoms with Crippen molar-refractivity contribution in [2.45, 2.75) is 20.8 Å². The third kappa shape index (κ3) is 29.7. The Hall–Kier alpha value is -0.176. The van der Waals surface area contributed by atoms with Crippen LogP contribution in [0.1, 0.15) is 26.5 Å². The van der Waals surface area contributed by atoms with Crippen LogP contribution in [0, 0.1) is 0 Å². The zero-order chi connectivity index (χ0) is 40.6. The second-order valence-corrected chi connectivity index (χ2v) is 37.5. The molecule has 0 amide bonds. The summed E-state index contributed by atoms with van der Waals surface area (Å²) in [5.74, 6) is -4.65. The van der Waals surface area contributed by atoms with Gasteiger partial charge >= 0.3 is 147 Å². The van der Waals surface area contributed by atoms with Crippen LogP contribution in [0.2, 0.25) is 0 Å². The first kappa shape index (κ1) is 54.9. The molecule has 2 aromatic carbocycles. The molecule has 0 radical (unpaired) electrons. The molecule has 16 nitrogen and oxygen atoms in total. The van der Waals surface area contributed by atoms with Gasteiger partial charge in [0.25, 0.3) is 0 Å². The summed E-state index contributed by atoms with van der Waals surface area (Å²) in [5.41, 5.74) is 0.677. The van der Waals surface area contributed by atoms with E-state index < -0.39 is 55.5 Å². The molecule has 0 saturated heterocycles. The second kappa shape index (κ2) is 36.2. The van der Waals surface area contributed by atoms with Gasteiger partial charge in [-0.2, -0.15) is 0 Å². The van der Waals surface area contributed by atoms with E-state index in [0.29, 0.717) is 50.6 Å². The average molecular weight is 825 g/mol. The van der Waals surface area contributed by atoms with Crippen LogP contribution in [0.25, 0.3) is 0 Å². The summed E-state index contributed by atoms with van der Waals surface area (Å²) in [6.45, 7) is 3.52. The Morgan fingerprint density at radius 2 is 0.906 bits per heavy atom. The zero-order valence-electron chi connectivity index (χ0n) is 34.7. The number of rotatable bonds is 20. The number of benzene rings is 2. The number of carbonyl (C=O) groups excluding carboxylic acids is 3. The summed E-state index contributed by atoms with van der Waals surface area (Å²) in [4.78, 5) is 69.9. The van der Waals surface area contributed by atoms with Crippen molar-refractivity contribution in [1.82, 2.24) is 0 Å². The molecule has 0 atom stereocenters. The van der Waals surface area contributed by atoms with E-state index in [1.54, 1.807) is 57.2 Å². The Morgan fingerprint density at radius 3 is 1.25 bits per heavy atom. The monoisotopic (exact) mass is 822 g/mol. The van der Waals surface area contributed by atoms with E-state index >= 15 is 0 Å². The maximum atomic E-state index is 11.9. The summed E-state index contributed by atoms with van der Waals surface area (Å²) in [5, 5.41) is 26.2. The van der Waals surface area contributed by atoms with Crippen LogP contribution in [0.5, 0.6) is 11.5 Å². The van der Waals surface area contributed by atoms with Crippen molar-refractivity contribution in [1.29, 1.82) is 0 Å². The van der Waals surface area contributed by atoms with E-state index in [1.807, 2.05) is 0 Å². The summed E-state index contributed by atoms with van der Waals surface area (Å²) >= 11 is 10.4. The van der Waals surface area contributed by atoms with E-state index in [-0.39, 0.29) is 56.7 Å². The molecule has 2 aromatic rings. The number of para-hydroxylation sites is 4. The van der Waals surface area contributed by atoms with Crippen molar-refractivity contribution in [3.8, 4) is 11.5 Å². The Balaban J connectivity index is -0.000000188. The fourth-order valence-corrected chi connectivity index (χ4v) is 3.66. The Labute approximate surface area is 376 Å². The van der Waals surface area contributed by atoms with Gasteiger partial charge in [-0.05, 0) is 45.0 Å². The van der Waals surface area contributed by atoms with Crippen LogP contribution in [-0.4, -0.2) is 222 Å². The van der Waals surface area contributed by atoms with E-state index in [4.69, 9.17) is 39.0 Å². The standard InChI is InChI=1S/C18H25NO7.C12H13NO7.7Mg.4H/c1-4-23-16(20)11-19(12-17(21)24-5-2)14-9-7-8-10-15(14)26-13-18(22)25-6-3;14-10(15)5-13(6-11(16)17)8-3-1-2-4-9(8)20-7-12(18)19;;;;;;;;;;;/h7-10H,4-6,11-13H2,1-3H3;1-4H,5-7H2,(H,14,15)(H,16,17)(H,18,19);;;;;;;;;;;/q;;;;;4*+1;4*-1. The molecule has 0 fully saturated rings. The van der Waals surface area contributed by atoms with Crippen molar-refractivity contribution >= 4 is 159 Å². The van der Waals surface area contributed by atoms with Crippen LogP contribution < -0.4 is 19.3 Å². The molecule has 0 aliphatic carbocycles. The third-order valence-electron chi connectivity index (χ3n) is 5.57. The fourth-order valence-electron chi connectivity index (χ4n) is 3.66. The maximum absolute atomic E-state index is 11.9. The number of aliphatic carboxylic acids is 3. The van der Waals surface area contributed by atoms with E-state index in [0.717, 1.165) is 4.90 Å². The number of carbonyl (C=O) groups is 6. The number of ether oxygens (including phenoxy) is 5. The number of anilines is 2. The molecule has 270 valence electrons. The molecular formula is C30H42Mg7N2O14. The quantitative estimate of drug-likeness (QED) is 0.0870. The molecule has 0 spiro atoms. The number of carboxylic acids is 3. The predicted octanol–water partition coefficient (Wildman–Crippen LogP) is -0.529. The summed E-state index contributed by atoms with van der Waals surface area (Å²) in [6, 6.07) is 12.8. The molecule has 0 aliphatic rings. The minimum atomic E-state index is -1.21. The van der Waals surface area contributed by atoms with Crippen molar-refractivity contribution in [3.63, 3.8) is 0 Å². The molecule has 0 saturated carbocycles. The van der Waals surface area contributed by atoms with Gasteiger partial charge in [-0.3, -0.25) is 19.2 Å². The number of esters is 3. The van der Waals surface area contributed by atoms with Crippen LogP contribution in [0.4, 0.5) is 11.4 Å². The molecule has 53 heavy (non-hydrogen) atoms. The molecule has 2 rings (SSSR count). The first-order valence-electron chi connectivity index (χ1n) is 16.5. The van der Waals surface area contributed by atoms with E-state index in [9.17, 15) is 28.8 Å². The van der Waals surface area contributed by atoms with Gasteiger partial charge < -0.3 is 54.5 Å². The van der Waals surface area contributed by atoms with Crippen molar-refractivity contribution in [2.75, 3.05) is 69.0 Å².